The average Bonchev–Trinajstić information content (AvgIpc) is 2.86. The lowest BCUT2D eigenvalue weighted by atomic mass is 10.3. The van der Waals surface area contributed by atoms with Crippen molar-refractivity contribution in [1.82, 2.24) is 9.97 Å². The molecule has 0 spiro atoms. The summed E-state index contributed by atoms with van der Waals surface area (Å²) in [5.74, 6) is 0.549. The first-order chi connectivity index (χ1) is 9.63. The Morgan fingerprint density at radius 3 is 2.60 bits per heavy atom. The Kier molecular flexibility index (Phi) is 3.12. The Hall–Kier alpha value is -2.40. The van der Waals surface area contributed by atoms with Crippen LogP contribution in [-0.2, 0) is 0 Å². The number of carbonyl (C=O) groups is 1. The first-order valence-corrected chi connectivity index (χ1v) is 6.30. The SMILES string of the molecule is Cc1cc(C(=O)Nc2nc3ccccc3nc2Cl)co1. The van der Waals surface area contributed by atoms with Crippen LogP contribution < -0.4 is 5.32 Å². The van der Waals surface area contributed by atoms with Crippen LogP contribution in [0.5, 0.6) is 0 Å². The third kappa shape index (κ3) is 2.35. The molecule has 20 heavy (non-hydrogen) atoms. The predicted octanol–water partition coefficient (Wildman–Crippen LogP) is 3.44. The van der Waals surface area contributed by atoms with Gasteiger partial charge in [-0.25, -0.2) is 9.97 Å². The molecule has 0 fully saturated rings. The van der Waals surface area contributed by atoms with Crippen molar-refractivity contribution < 1.29 is 9.21 Å². The lowest BCUT2D eigenvalue weighted by Crippen LogP contribution is -2.13. The molecule has 5 nitrogen and oxygen atoms in total. The number of hydrogen-bond acceptors (Lipinski definition) is 4. The van der Waals surface area contributed by atoms with Gasteiger partial charge in [0.1, 0.15) is 12.0 Å². The highest BCUT2D eigenvalue weighted by Gasteiger charge is 2.13. The number of benzene rings is 1. The van der Waals surface area contributed by atoms with Gasteiger partial charge < -0.3 is 9.73 Å². The molecule has 2 aromatic heterocycles. The number of amides is 1. The molecule has 0 aliphatic heterocycles. The van der Waals surface area contributed by atoms with Crippen LogP contribution in [0.25, 0.3) is 11.0 Å². The molecule has 1 amide bonds. The van der Waals surface area contributed by atoms with Crippen LogP contribution in [0.4, 0.5) is 5.82 Å². The molecule has 0 bridgehead atoms. The van der Waals surface area contributed by atoms with E-state index in [1.54, 1.807) is 25.1 Å². The maximum Gasteiger partial charge on any atom is 0.260 e. The highest BCUT2D eigenvalue weighted by molar-refractivity contribution is 6.32. The van der Waals surface area contributed by atoms with Crippen molar-refractivity contribution in [2.45, 2.75) is 6.92 Å². The number of aromatic nitrogens is 2. The molecule has 1 N–H and O–H groups in total. The largest absolute Gasteiger partial charge is 0.469 e. The number of nitrogens with one attached hydrogen (secondary N) is 1. The van der Waals surface area contributed by atoms with Crippen LogP contribution in [0.3, 0.4) is 0 Å². The lowest BCUT2D eigenvalue weighted by molar-refractivity contribution is 0.102. The summed E-state index contributed by atoms with van der Waals surface area (Å²) < 4.78 is 5.09. The minimum absolute atomic E-state index is 0.150. The molecule has 0 radical (unpaired) electrons. The van der Waals surface area contributed by atoms with E-state index in [2.05, 4.69) is 15.3 Å². The van der Waals surface area contributed by atoms with Crippen molar-refractivity contribution >= 4 is 34.4 Å². The van der Waals surface area contributed by atoms with E-state index in [1.807, 2.05) is 12.1 Å². The summed E-state index contributed by atoms with van der Waals surface area (Å²) in [6.07, 6.45) is 1.38. The van der Waals surface area contributed by atoms with E-state index in [4.69, 9.17) is 16.0 Å². The summed E-state index contributed by atoms with van der Waals surface area (Å²) in [6, 6.07) is 8.93. The molecule has 1 aromatic carbocycles. The Labute approximate surface area is 119 Å². The van der Waals surface area contributed by atoms with Crippen LogP contribution in [-0.4, -0.2) is 15.9 Å². The molecule has 0 aliphatic rings. The van der Waals surface area contributed by atoms with Crippen LogP contribution in [0.15, 0.2) is 41.0 Å². The number of carbonyl (C=O) groups excluding carboxylic acids is 1. The summed E-state index contributed by atoms with van der Waals surface area (Å²) in [5, 5.41) is 2.78. The maximum atomic E-state index is 12.0. The average molecular weight is 288 g/mol. The Morgan fingerprint density at radius 2 is 1.95 bits per heavy atom. The van der Waals surface area contributed by atoms with Crippen LogP contribution in [0.2, 0.25) is 5.15 Å². The van der Waals surface area contributed by atoms with Gasteiger partial charge in [-0.1, -0.05) is 23.7 Å². The van der Waals surface area contributed by atoms with Gasteiger partial charge in [-0.05, 0) is 25.1 Å². The Balaban J connectivity index is 1.94. The summed E-state index contributed by atoms with van der Waals surface area (Å²) in [7, 11) is 0. The van der Waals surface area contributed by atoms with E-state index < -0.39 is 0 Å². The van der Waals surface area contributed by atoms with Crippen molar-refractivity contribution in [2.24, 2.45) is 0 Å². The molecule has 0 unspecified atom stereocenters. The fourth-order valence-corrected chi connectivity index (χ4v) is 1.98. The van der Waals surface area contributed by atoms with Gasteiger partial charge in [-0.15, -0.1) is 0 Å². The first-order valence-electron chi connectivity index (χ1n) is 5.92. The van der Waals surface area contributed by atoms with Crippen LogP contribution in [0, 0.1) is 6.92 Å². The molecule has 3 aromatic rings. The second-order valence-corrected chi connectivity index (χ2v) is 4.61. The monoisotopic (exact) mass is 287 g/mol. The topological polar surface area (TPSA) is 68.0 Å². The summed E-state index contributed by atoms with van der Waals surface area (Å²) >= 11 is 6.03. The van der Waals surface area contributed by atoms with Crippen molar-refractivity contribution in [3.63, 3.8) is 0 Å². The van der Waals surface area contributed by atoms with Gasteiger partial charge in [0.25, 0.3) is 5.91 Å². The molecule has 6 heteroatoms. The molecule has 0 saturated heterocycles. The number of rotatable bonds is 2. The summed E-state index contributed by atoms with van der Waals surface area (Å²) in [4.78, 5) is 20.5. The highest BCUT2D eigenvalue weighted by Crippen LogP contribution is 2.21. The fraction of sp³-hybridized carbons (Fsp3) is 0.0714. The molecule has 2 heterocycles. The Morgan fingerprint density at radius 1 is 1.25 bits per heavy atom. The van der Waals surface area contributed by atoms with Gasteiger partial charge in [0.05, 0.1) is 16.6 Å². The first kappa shape index (κ1) is 12.6. The quantitative estimate of drug-likeness (QED) is 0.784. The smallest absolute Gasteiger partial charge is 0.260 e. The van der Waals surface area contributed by atoms with E-state index in [9.17, 15) is 4.79 Å². The normalized spacial score (nSPS) is 10.7. The van der Waals surface area contributed by atoms with E-state index in [0.717, 1.165) is 0 Å². The van der Waals surface area contributed by atoms with E-state index in [0.29, 0.717) is 22.4 Å². The van der Waals surface area contributed by atoms with Gasteiger partial charge in [-0.2, -0.15) is 0 Å². The standard InChI is InChI=1S/C14H10ClN3O2/c1-8-6-9(7-20-8)14(19)18-13-12(15)16-10-4-2-3-5-11(10)17-13/h2-7H,1H3,(H,17,18,19). The molecular weight excluding hydrogens is 278 g/mol. The van der Waals surface area contributed by atoms with Gasteiger partial charge in [0.15, 0.2) is 11.0 Å². The maximum absolute atomic E-state index is 12.0. The third-order valence-electron chi connectivity index (χ3n) is 2.75. The van der Waals surface area contributed by atoms with Gasteiger partial charge >= 0.3 is 0 Å². The minimum Gasteiger partial charge on any atom is -0.469 e. The van der Waals surface area contributed by atoms with E-state index in [1.165, 1.54) is 6.26 Å². The second kappa shape index (κ2) is 4.94. The number of hydrogen-bond donors (Lipinski definition) is 1. The molecule has 0 saturated carbocycles. The predicted molar refractivity (Wildman–Crippen MR) is 75.9 cm³/mol. The number of halogens is 1. The number of aryl methyl sites for hydroxylation is 1. The number of fused-ring (bicyclic) bond motifs is 1. The summed E-state index contributed by atoms with van der Waals surface area (Å²) in [5.41, 5.74) is 1.75. The molecule has 3 rings (SSSR count). The lowest BCUT2D eigenvalue weighted by Gasteiger charge is -2.05. The minimum atomic E-state index is -0.340. The zero-order valence-corrected chi connectivity index (χ0v) is 11.3. The zero-order chi connectivity index (χ0) is 14.1. The number of furan rings is 1. The highest BCUT2D eigenvalue weighted by atomic mass is 35.5. The number of anilines is 1. The number of nitrogens with zero attached hydrogens (tertiary/aromatic N) is 2. The molecular formula is C14H10ClN3O2. The second-order valence-electron chi connectivity index (χ2n) is 4.25. The Bertz CT molecular complexity index is 798. The molecule has 0 aliphatic carbocycles. The van der Waals surface area contributed by atoms with Crippen molar-refractivity contribution in [2.75, 3.05) is 5.32 Å². The molecule has 0 atom stereocenters. The van der Waals surface area contributed by atoms with Gasteiger partial charge in [-0.3, -0.25) is 4.79 Å². The molecule has 100 valence electrons. The third-order valence-corrected chi connectivity index (χ3v) is 3.02. The van der Waals surface area contributed by atoms with Crippen molar-refractivity contribution in [3.05, 3.63) is 53.1 Å². The van der Waals surface area contributed by atoms with E-state index in [-0.39, 0.29) is 16.9 Å². The van der Waals surface area contributed by atoms with Gasteiger partial charge in [0.2, 0.25) is 0 Å². The van der Waals surface area contributed by atoms with Crippen molar-refractivity contribution in [1.29, 1.82) is 0 Å². The number of para-hydroxylation sites is 2. The summed E-state index contributed by atoms with van der Waals surface area (Å²) in [6.45, 7) is 1.76. The van der Waals surface area contributed by atoms with Crippen LogP contribution >= 0.6 is 11.6 Å². The van der Waals surface area contributed by atoms with Crippen LogP contribution in [0.1, 0.15) is 16.1 Å². The van der Waals surface area contributed by atoms with Crippen molar-refractivity contribution in [3.8, 4) is 0 Å². The van der Waals surface area contributed by atoms with E-state index >= 15 is 0 Å². The fourth-order valence-electron chi connectivity index (χ4n) is 1.80. The van der Waals surface area contributed by atoms with Gasteiger partial charge in [0, 0.05) is 0 Å². The zero-order valence-electron chi connectivity index (χ0n) is 10.6.